The van der Waals surface area contributed by atoms with Crippen LogP contribution in [0.2, 0.25) is 5.02 Å². The minimum absolute atomic E-state index is 0.0621. The van der Waals surface area contributed by atoms with Crippen molar-refractivity contribution in [3.63, 3.8) is 0 Å². The molecule has 0 saturated carbocycles. The van der Waals surface area contributed by atoms with Gasteiger partial charge in [-0.15, -0.1) is 0 Å². The zero-order valence-corrected chi connectivity index (χ0v) is 16.3. The predicted molar refractivity (Wildman–Crippen MR) is 107 cm³/mol. The quantitative estimate of drug-likeness (QED) is 0.401. The first kappa shape index (κ1) is 20.5. The highest BCUT2D eigenvalue weighted by molar-refractivity contribution is 6.30. The number of nitrogens with zero attached hydrogens (tertiary/aromatic N) is 3. The van der Waals surface area contributed by atoms with Crippen LogP contribution in [0.25, 0.3) is 11.4 Å². The number of aromatic amines is 1. The summed E-state index contributed by atoms with van der Waals surface area (Å²) in [6, 6.07) is 12.3. The molecule has 0 aliphatic heterocycles. The van der Waals surface area contributed by atoms with E-state index in [0.29, 0.717) is 28.9 Å². The molecule has 1 aromatic heterocycles. The lowest BCUT2D eigenvalue weighted by atomic mass is 10.1. The molecule has 1 heterocycles. The Bertz CT molecular complexity index is 965. The zero-order chi connectivity index (χ0) is 20.6. The Morgan fingerprint density at radius 3 is 2.76 bits per heavy atom. The summed E-state index contributed by atoms with van der Waals surface area (Å²) in [5.41, 5.74) is 2.41. The van der Waals surface area contributed by atoms with Gasteiger partial charge in [-0.05, 0) is 29.8 Å². The van der Waals surface area contributed by atoms with Crippen molar-refractivity contribution >= 4 is 17.6 Å². The fourth-order valence-corrected chi connectivity index (χ4v) is 2.85. The molecule has 7 nitrogen and oxygen atoms in total. The minimum atomic E-state index is -2.91. The van der Waals surface area contributed by atoms with E-state index in [0.717, 1.165) is 11.1 Å². The molecule has 0 aliphatic carbocycles. The molecule has 10 heteroatoms. The second-order valence-electron chi connectivity index (χ2n) is 5.94. The van der Waals surface area contributed by atoms with E-state index >= 15 is 0 Å². The molecular weight excluding hydrogens is 402 g/mol. The van der Waals surface area contributed by atoms with Crippen LogP contribution in [0.15, 0.2) is 53.8 Å². The maximum absolute atomic E-state index is 12.6. The summed E-state index contributed by atoms with van der Waals surface area (Å²) in [5.74, 6) is 1.24. The molecular formula is C19H19ClF2N6O. The van der Waals surface area contributed by atoms with Gasteiger partial charge < -0.3 is 15.4 Å². The standard InChI is InChI=1S/C19H19ClF2N6O/c1-23-19(25-10-14-8-15(20)5-6-16(14)29-18(21)22)24-9-12-3-2-4-13(7-12)17-26-11-27-28-17/h2-8,11,18H,9-10H2,1H3,(H2,23,24,25)(H,26,27,28). The van der Waals surface area contributed by atoms with Gasteiger partial charge in [-0.25, -0.2) is 4.98 Å². The van der Waals surface area contributed by atoms with Crippen LogP contribution in [0.4, 0.5) is 8.78 Å². The SMILES string of the molecule is CN=C(NCc1cccc(-c2ncn[nH]2)c1)NCc1cc(Cl)ccc1OC(F)F. The maximum Gasteiger partial charge on any atom is 0.387 e. The molecule has 0 atom stereocenters. The normalized spacial score (nSPS) is 11.6. The van der Waals surface area contributed by atoms with Crippen LogP contribution in [0.1, 0.15) is 11.1 Å². The lowest BCUT2D eigenvalue weighted by molar-refractivity contribution is -0.0504. The van der Waals surface area contributed by atoms with Gasteiger partial charge in [-0.1, -0.05) is 29.8 Å². The van der Waals surface area contributed by atoms with Crippen LogP contribution in [-0.2, 0) is 13.1 Å². The van der Waals surface area contributed by atoms with E-state index in [1.54, 1.807) is 13.1 Å². The number of halogens is 3. The first-order valence-corrected chi connectivity index (χ1v) is 9.05. The van der Waals surface area contributed by atoms with Crippen molar-refractivity contribution in [3.8, 4) is 17.1 Å². The predicted octanol–water partition coefficient (Wildman–Crippen LogP) is 3.59. The fraction of sp³-hybridized carbons (Fsp3) is 0.211. The number of alkyl halides is 2. The lowest BCUT2D eigenvalue weighted by Crippen LogP contribution is -2.36. The van der Waals surface area contributed by atoms with Crippen LogP contribution in [-0.4, -0.2) is 34.8 Å². The van der Waals surface area contributed by atoms with E-state index in [9.17, 15) is 8.78 Å². The number of hydrogen-bond acceptors (Lipinski definition) is 4. The fourth-order valence-electron chi connectivity index (χ4n) is 2.66. The number of nitrogens with one attached hydrogen (secondary N) is 3. The largest absolute Gasteiger partial charge is 0.434 e. The van der Waals surface area contributed by atoms with Crippen LogP contribution >= 0.6 is 11.6 Å². The summed E-state index contributed by atoms with van der Waals surface area (Å²) in [6.07, 6.45) is 1.45. The highest BCUT2D eigenvalue weighted by Gasteiger charge is 2.11. The number of aromatic nitrogens is 3. The van der Waals surface area contributed by atoms with Gasteiger partial charge >= 0.3 is 6.61 Å². The van der Waals surface area contributed by atoms with Gasteiger partial charge in [-0.3, -0.25) is 10.1 Å². The Labute approximate surface area is 171 Å². The highest BCUT2D eigenvalue weighted by atomic mass is 35.5. The van der Waals surface area contributed by atoms with E-state index in [2.05, 4.69) is 35.5 Å². The Kier molecular flexibility index (Phi) is 6.96. The average molecular weight is 421 g/mol. The third-order valence-corrected chi connectivity index (χ3v) is 4.22. The summed E-state index contributed by atoms with van der Waals surface area (Å²) in [7, 11) is 1.62. The summed E-state index contributed by atoms with van der Waals surface area (Å²) in [4.78, 5) is 8.29. The molecule has 3 rings (SSSR count). The van der Waals surface area contributed by atoms with Crippen molar-refractivity contribution in [1.82, 2.24) is 25.8 Å². The Morgan fingerprint density at radius 1 is 1.21 bits per heavy atom. The van der Waals surface area contributed by atoms with E-state index in [4.69, 9.17) is 11.6 Å². The van der Waals surface area contributed by atoms with Crippen molar-refractivity contribution in [3.05, 3.63) is 64.9 Å². The lowest BCUT2D eigenvalue weighted by Gasteiger charge is -2.15. The number of guanidine groups is 1. The van der Waals surface area contributed by atoms with Crippen LogP contribution in [0.5, 0.6) is 5.75 Å². The molecule has 0 saturated heterocycles. The molecule has 0 unspecified atom stereocenters. The molecule has 0 spiro atoms. The van der Waals surface area contributed by atoms with Crippen LogP contribution in [0, 0.1) is 0 Å². The van der Waals surface area contributed by atoms with Crippen molar-refractivity contribution < 1.29 is 13.5 Å². The molecule has 3 aromatic rings. The van der Waals surface area contributed by atoms with Crippen LogP contribution in [0.3, 0.4) is 0 Å². The van der Waals surface area contributed by atoms with E-state index in [-0.39, 0.29) is 12.3 Å². The van der Waals surface area contributed by atoms with E-state index in [1.807, 2.05) is 24.3 Å². The van der Waals surface area contributed by atoms with Crippen molar-refractivity contribution in [1.29, 1.82) is 0 Å². The Balaban J connectivity index is 1.61. The molecule has 29 heavy (non-hydrogen) atoms. The van der Waals surface area contributed by atoms with E-state index in [1.165, 1.54) is 18.5 Å². The molecule has 2 aromatic carbocycles. The van der Waals surface area contributed by atoms with Crippen LogP contribution < -0.4 is 15.4 Å². The second-order valence-corrected chi connectivity index (χ2v) is 6.38. The van der Waals surface area contributed by atoms with Crippen molar-refractivity contribution in [2.75, 3.05) is 7.05 Å². The van der Waals surface area contributed by atoms with Gasteiger partial charge in [0.15, 0.2) is 11.8 Å². The molecule has 0 amide bonds. The monoisotopic (exact) mass is 420 g/mol. The summed E-state index contributed by atoms with van der Waals surface area (Å²) in [5, 5.41) is 13.3. The second kappa shape index (κ2) is 9.83. The summed E-state index contributed by atoms with van der Waals surface area (Å²) >= 11 is 5.97. The van der Waals surface area contributed by atoms with Gasteiger partial charge in [0.1, 0.15) is 12.1 Å². The third kappa shape index (κ3) is 5.89. The van der Waals surface area contributed by atoms with Gasteiger partial charge in [-0.2, -0.15) is 13.9 Å². The van der Waals surface area contributed by atoms with Gasteiger partial charge in [0.2, 0.25) is 0 Å². The first-order valence-electron chi connectivity index (χ1n) is 8.67. The number of rotatable bonds is 7. The summed E-state index contributed by atoms with van der Waals surface area (Å²) in [6.45, 7) is -2.21. The number of H-pyrrole nitrogens is 1. The average Bonchev–Trinajstić information content (AvgIpc) is 3.25. The Hall–Kier alpha value is -3.20. The van der Waals surface area contributed by atoms with Gasteiger partial charge in [0, 0.05) is 36.3 Å². The van der Waals surface area contributed by atoms with E-state index < -0.39 is 6.61 Å². The summed E-state index contributed by atoms with van der Waals surface area (Å²) < 4.78 is 29.7. The zero-order valence-electron chi connectivity index (χ0n) is 15.5. The molecule has 0 fully saturated rings. The molecule has 0 bridgehead atoms. The third-order valence-electron chi connectivity index (χ3n) is 3.98. The molecule has 152 valence electrons. The first-order chi connectivity index (χ1) is 14.0. The molecule has 3 N–H and O–H groups in total. The van der Waals surface area contributed by atoms with Crippen molar-refractivity contribution in [2.24, 2.45) is 4.99 Å². The topological polar surface area (TPSA) is 87.2 Å². The van der Waals surface area contributed by atoms with Gasteiger partial charge in [0.25, 0.3) is 0 Å². The number of ether oxygens (including phenoxy) is 1. The minimum Gasteiger partial charge on any atom is -0.434 e. The number of aliphatic imine (C=N–C) groups is 1. The highest BCUT2D eigenvalue weighted by Crippen LogP contribution is 2.24. The maximum atomic E-state index is 12.6. The number of benzene rings is 2. The molecule has 0 aliphatic rings. The van der Waals surface area contributed by atoms with Crippen molar-refractivity contribution in [2.45, 2.75) is 19.7 Å². The number of hydrogen-bond donors (Lipinski definition) is 3. The molecule has 0 radical (unpaired) electrons. The Morgan fingerprint density at radius 2 is 2.03 bits per heavy atom. The smallest absolute Gasteiger partial charge is 0.387 e. The van der Waals surface area contributed by atoms with Gasteiger partial charge in [0.05, 0.1) is 0 Å².